The number of halogens is 2. The third-order valence-electron chi connectivity index (χ3n) is 2.60. The minimum atomic E-state index is -0.331. The van der Waals surface area contributed by atoms with Gasteiger partial charge in [0.1, 0.15) is 5.65 Å². The third-order valence-corrected chi connectivity index (χ3v) is 3.89. The smallest absolute Gasteiger partial charge is 0.141 e. The largest absolute Gasteiger partial charge is 0.394 e. The zero-order valence-corrected chi connectivity index (χ0v) is 12.8. The molecule has 0 atom stereocenters. The van der Waals surface area contributed by atoms with Gasteiger partial charge in [-0.3, -0.25) is 0 Å². The first-order valence-electron chi connectivity index (χ1n) is 4.89. The molecular weight excluding hydrogens is 383 g/mol. The molecule has 0 aromatic carbocycles. The number of aromatic nitrogens is 2. The van der Waals surface area contributed by atoms with E-state index in [0.717, 1.165) is 19.1 Å². The summed E-state index contributed by atoms with van der Waals surface area (Å²) in [5.74, 6) is 0. The summed E-state index contributed by atoms with van der Waals surface area (Å²) in [6.07, 6.45) is 3.81. The molecule has 2 rings (SSSR count). The molecule has 2 heterocycles. The molecule has 3 nitrogen and oxygen atoms in total. The molecule has 2 aromatic heterocycles. The van der Waals surface area contributed by atoms with Crippen molar-refractivity contribution >= 4 is 49.6 Å². The highest BCUT2D eigenvalue weighted by atomic mass is 127. The highest BCUT2D eigenvalue weighted by Crippen LogP contribution is 2.28. The molecule has 1 N–H and O–H groups in total. The van der Waals surface area contributed by atoms with E-state index in [9.17, 15) is 5.11 Å². The molecule has 5 heteroatoms. The molecule has 0 amide bonds. The van der Waals surface area contributed by atoms with Gasteiger partial charge in [0, 0.05) is 25.8 Å². The number of nitrogens with zero attached hydrogens (tertiary/aromatic N) is 2. The molecule has 0 spiro atoms. The average Bonchev–Trinajstić information content (AvgIpc) is 2.57. The van der Waals surface area contributed by atoms with Crippen molar-refractivity contribution < 1.29 is 5.11 Å². The van der Waals surface area contributed by atoms with Crippen LogP contribution in [0.3, 0.4) is 0 Å². The lowest BCUT2D eigenvalue weighted by atomic mass is 10.1. The molecular formula is C11H12BrIN2O. The van der Waals surface area contributed by atoms with E-state index < -0.39 is 0 Å². The van der Waals surface area contributed by atoms with E-state index >= 15 is 0 Å². The van der Waals surface area contributed by atoms with Gasteiger partial charge in [0.25, 0.3) is 0 Å². The molecule has 0 radical (unpaired) electrons. The molecule has 0 fully saturated rings. The zero-order chi connectivity index (χ0) is 11.9. The summed E-state index contributed by atoms with van der Waals surface area (Å²) >= 11 is 5.71. The van der Waals surface area contributed by atoms with Crippen molar-refractivity contribution in [2.75, 3.05) is 6.61 Å². The first kappa shape index (κ1) is 12.3. The van der Waals surface area contributed by atoms with E-state index in [2.05, 4.69) is 43.5 Å². The predicted octanol–water partition coefficient (Wildman–Crippen LogP) is 3.13. The van der Waals surface area contributed by atoms with E-state index in [1.165, 1.54) is 0 Å². The summed E-state index contributed by atoms with van der Waals surface area (Å²) in [4.78, 5) is 4.42. The van der Waals surface area contributed by atoms with E-state index in [-0.39, 0.29) is 12.1 Å². The highest BCUT2D eigenvalue weighted by Gasteiger charge is 2.22. The van der Waals surface area contributed by atoms with Crippen LogP contribution in [0.25, 0.3) is 11.0 Å². The third kappa shape index (κ3) is 2.00. The lowest BCUT2D eigenvalue weighted by molar-refractivity contribution is 0.168. The van der Waals surface area contributed by atoms with Crippen molar-refractivity contribution in [2.45, 2.75) is 19.4 Å². The van der Waals surface area contributed by atoms with Crippen molar-refractivity contribution in [3.05, 3.63) is 26.5 Å². The molecule has 0 bridgehead atoms. The first-order chi connectivity index (χ1) is 7.45. The number of pyridine rings is 1. The Hall–Kier alpha value is -0.140. The maximum Gasteiger partial charge on any atom is 0.141 e. The van der Waals surface area contributed by atoms with Crippen LogP contribution in [-0.2, 0) is 5.54 Å². The first-order valence-corrected chi connectivity index (χ1v) is 6.76. The standard InChI is InChI=1S/C11H12BrIN2O/c1-11(2,6-16)15-5-9(13)8-3-7(12)4-14-10(8)15/h3-5,16H,6H2,1-2H3. The van der Waals surface area contributed by atoms with Crippen molar-refractivity contribution in [3.8, 4) is 0 Å². The van der Waals surface area contributed by atoms with Crippen molar-refractivity contribution in [1.82, 2.24) is 9.55 Å². The van der Waals surface area contributed by atoms with Gasteiger partial charge >= 0.3 is 0 Å². The van der Waals surface area contributed by atoms with Gasteiger partial charge in [0.05, 0.1) is 12.1 Å². The van der Waals surface area contributed by atoms with Gasteiger partial charge in [-0.25, -0.2) is 4.98 Å². The topological polar surface area (TPSA) is 38.0 Å². The quantitative estimate of drug-likeness (QED) is 0.794. The minimum Gasteiger partial charge on any atom is -0.394 e. The van der Waals surface area contributed by atoms with Gasteiger partial charge < -0.3 is 9.67 Å². The van der Waals surface area contributed by atoms with Crippen LogP contribution in [0, 0.1) is 3.57 Å². The van der Waals surface area contributed by atoms with Crippen molar-refractivity contribution in [1.29, 1.82) is 0 Å². The number of rotatable bonds is 2. The van der Waals surface area contributed by atoms with Crippen LogP contribution in [0.15, 0.2) is 22.9 Å². The fraction of sp³-hybridized carbons (Fsp3) is 0.364. The van der Waals surface area contributed by atoms with Gasteiger partial charge in [-0.05, 0) is 58.4 Å². The van der Waals surface area contributed by atoms with Gasteiger partial charge in [0.2, 0.25) is 0 Å². The van der Waals surface area contributed by atoms with Crippen molar-refractivity contribution in [2.24, 2.45) is 0 Å². The Bertz CT molecular complexity index is 536. The van der Waals surface area contributed by atoms with Crippen LogP contribution in [0.2, 0.25) is 0 Å². The monoisotopic (exact) mass is 394 g/mol. The maximum absolute atomic E-state index is 9.41. The van der Waals surface area contributed by atoms with Crippen LogP contribution in [0.4, 0.5) is 0 Å². The maximum atomic E-state index is 9.41. The average molecular weight is 395 g/mol. The van der Waals surface area contributed by atoms with Crippen LogP contribution in [-0.4, -0.2) is 21.3 Å². The molecule has 0 aliphatic rings. The Morgan fingerprint density at radius 1 is 1.56 bits per heavy atom. The minimum absolute atomic E-state index is 0.0879. The van der Waals surface area contributed by atoms with Gasteiger partial charge in [0.15, 0.2) is 0 Å². The number of hydrogen-bond donors (Lipinski definition) is 1. The Morgan fingerprint density at radius 3 is 2.88 bits per heavy atom. The molecule has 0 aliphatic carbocycles. The van der Waals surface area contributed by atoms with Gasteiger partial charge in [-0.1, -0.05) is 0 Å². The molecule has 0 saturated heterocycles. The number of hydrogen-bond acceptors (Lipinski definition) is 2. The molecule has 0 aliphatic heterocycles. The Morgan fingerprint density at radius 2 is 2.25 bits per heavy atom. The summed E-state index contributed by atoms with van der Waals surface area (Å²) in [5.41, 5.74) is 0.578. The van der Waals surface area contributed by atoms with E-state index in [4.69, 9.17) is 0 Å². The summed E-state index contributed by atoms with van der Waals surface area (Å²) < 4.78 is 4.14. The lowest BCUT2D eigenvalue weighted by Gasteiger charge is -2.24. The SMILES string of the molecule is CC(C)(CO)n1cc(I)c2cc(Br)cnc21. The van der Waals surface area contributed by atoms with Crippen molar-refractivity contribution in [3.63, 3.8) is 0 Å². The second-order valence-electron chi connectivity index (χ2n) is 4.34. The number of fused-ring (bicyclic) bond motifs is 1. The van der Waals surface area contributed by atoms with Crippen LogP contribution < -0.4 is 0 Å². The van der Waals surface area contributed by atoms with Gasteiger partial charge in [-0.15, -0.1) is 0 Å². The lowest BCUT2D eigenvalue weighted by Crippen LogP contribution is -2.29. The fourth-order valence-electron chi connectivity index (χ4n) is 1.58. The van der Waals surface area contributed by atoms with E-state index in [1.807, 2.05) is 30.7 Å². The predicted molar refractivity (Wildman–Crippen MR) is 76.6 cm³/mol. The number of aliphatic hydroxyl groups excluding tert-OH is 1. The van der Waals surface area contributed by atoms with Crippen LogP contribution in [0.1, 0.15) is 13.8 Å². The highest BCUT2D eigenvalue weighted by molar-refractivity contribution is 14.1. The second kappa shape index (κ2) is 4.27. The Balaban J connectivity index is 2.73. The second-order valence-corrected chi connectivity index (χ2v) is 6.42. The summed E-state index contributed by atoms with van der Waals surface area (Å²) in [5, 5.41) is 10.5. The van der Waals surface area contributed by atoms with E-state index in [0.29, 0.717) is 0 Å². The molecule has 0 unspecified atom stereocenters. The molecule has 0 saturated carbocycles. The van der Waals surface area contributed by atoms with Crippen LogP contribution >= 0.6 is 38.5 Å². The molecule has 86 valence electrons. The number of aliphatic hydroxyl groups is 1. The Kier molecular flexibility index (Phi) is 3.29. The fourth-order valence-corrected chi connectivity index (χ4v) is 2.59. The summed E-state index contributed by atoms with van der Waals surface area (Å²) in [7, 11) is 0. The van der Waals surface area contributed by atoms with Crippen LogP contribution in [0.5, 0.6) is 0 Å². The normalized spacial score (nSPS) is 12.3. The van der Waals surface area contributed by atoms with Gasteiger partial charge in [-0.2, -0.15) is 0 Å². The van der Waals surface area contributed by atoms with E-state index in [1.54, 1.807) is 6.20 Å². The summed E-state index contributed by atoms with van der Waals surface area (Å²) in [6, 6.07) is 2.05. The Labute approximate surface area is 116 Å². The zero-order valence-electron chi connectivity index (χ0n) is 9.04. The molecule has 2 aromatic rings. The summed E-state index contributed by atoms with van der Waals surface area (Å²) in [6.45, 7) is 4.07. The molecule has 16 heavy (non-hydrogen) atoms.